The molecule has 0 amide bonds. The standard InChI is InChI=1S/C26H57N3.H2O/c1-7-11-18-24(5,19-12-8-2)26(29-28,22-16-15-17-23-27)25(6,20-13-9-3)21-14-10-4;/h29H,7-23,27-28H2,1-6H3;1H2. The molecule has 0 fully saturated rings. The maximum absolute atomic E-state index is 6.61. The van der Waals surface area contributed by atoms with E-state index in [0.717, 1.165) is 13.0 Å². The molecule has 0 aromatic rings. The van der Waals surface area contributed by atoms with Crippen LogP contribution in [0.2, 0.25) is 0 Å². The van der Waals surface area contributed by atoms with E-state index in [0.29, 0.717) is 0 Å². The van der Waals surface area contributed by atoms with Crippen LogP contribution in [-0.4, -0.2) is 17.6 Å². The smallest absolute Gasteiger partial charge is 0.0428 e. The van der Waals surface area contributed by atoms with Crippen LogP contribution < -0.4 is 17.0 Å². The highest BCUT2D eigenvalue weighted by Crippen LogP contribution is 2.56. The fourth-order valence-electron chi connectivity index (χ4n) is 5.84. The quantitative estimate of drug-likeness (QED) is 0.115. The minimum atomic E-state index is -0.0106. The summed E-state index contributed by atoms with van der Waals surface area (Å²) in [5, 5.41) is 0. The van der Waals surface area contributed by atoms with E-state index in [1.165, 1.54) is 96.3 Å². The van der Waals surface area contributed by atoms with Gasteiger partial charge in [0.15, 0.2) is 0 Å². The summed E-state index contributed by atoms with van der Waals surface area (Å²) >= 11 is 0. The second-order valence-electron chi connectivity index (χ2n) is 10.2. The molecule has 0 aromatic heterocycles. The second-order valence-corrected chi connectivity index (χ2v) is 10.2. The highest BCUT2D eigenvalue weighted by molar-refractivity contribution is 5.10. The van der Waals surface area contributed by atoms with E-state index in [4.69, 9.17) is 11.6 Å². The third-order valence-corrected chi connectivity index (χ3v) is 7.89. The summed E-state index contributed by atoms with van der Waals surface area (Å²) in [6, 6.07) is 0. The normalized spacial score (nSPS) is 12.8. The lowest BCUT2D eigenvalue weighted by molar-refractivity contribution is -0.0563. The molecule has 0 radical (unpaired) electrons. The van der Waals surface area contributed by atoms with Crippen LogP contribution in [0.25, 0.3) is 0 Å². The molecule has 0 heterocycles. The predicted octanol–water partition coefficient (Wildman–Crippen LogP) is 6.66. The van der Waals surface area contributed by atoms with E-state index >= 15 is 0 Å². The molecule has 0 aliphatic heterocycles. The number of unbranched alkanes of at least 4 members (excludes halogenated alkanes) is 6. The third kappa shape index (κ3) is 8.76. The van der Waals surface area contributed by atoms with Gasteiger partial charge in [0.1, 0.15) is 0 Å². The van der Waals surface area contributed by atoms with Crippen molar-refractivity contribution >= 4 is 0 Å². The van der Waals surface area contributed by atoms with Crippen molar-refractivity contribution in [3.05, 3.63) is 0 Å². The van der Waals surface area contributed by atoms with Crippen LogP contribution in [-0.2, 0) is 0 Å². The highest BCUT2D eigenvalue weighted by Gasteiger charge is 2.56. The van der Waals surface area contributed by atoms with Gasteiger partial charge < -0.3 is 11.2 Å². The summed E-state index contributed by atoms with van der Waals surface area (Å²) in [5.74, 6) is 6.61. The Kier molecular flexibility index (Phi) is 18.6. The van der Waals surface area contributed by atoms with Gasteiger partial charge in [-0.05, 0) is 55.9 Å². The van der Waals surface area contributed by atoms with Gasteiger partial charge in [-0.1, -0.05) is 106 Å². The summed E-state index contributed by atoms with van der Waals surface area (Å²) in [6.45, 7) is 15.2. The molecule has 30 heavy (non-hydrogen) atoms. The molecule has 0 atom stereocenters. The lowest BCUT2D eigenvalue weighted by Gasteiger charge is -2.59. The van der Waals surface area contributed by atoms with E-state index in [1.54, 1.807) is 0 Å². The van der Waals surface area contributed by atoms with Crippen LogP contribution in [0.1, 0.15) is 144 Å². The van der Waals surface area contributed by atoms with Gasteiger partial charge in [0.05, 0.1) is 0 Å². The lowest BCUT2D eigenvalue weighted by atomic mass is 9.50. The maximum atomic E-state index is 6.61. The Morgan fingerprint density at radius 3 is 1.20 bits per heavy atom. The summed E-state index contributed by atoms with van der Waals surface area (Å²) in [7, 11) is 0. The minimum absolute atomic E-state index is 0. The van der Waals surface area contributed by atoms with Gasteiger partial charge in [-0.3, -0.25) is 11.3 Å². The van der Waals surface area contributed by atoms with Crippen molar-refractivity contribution in [2.75, 3.05) is 6.54 Å². The van der Waals surface area contributed by atoms with Gasteiger partial charge in [0.2, 0.25) is 0 Å². The van der Waals surface area contributed by atoms with Gasteiger partial charge >= 0.3 is 0 Å². The first kappa shape index (κ1) is 32.0. The Morgan fingerprint density at radius 1 is 0.567 bits per heavy atom. The van der Waals surface area contributed by atoms with Gasteiger partial charge in [-0.2, -0.15) is 0 Å². The molecule has 7 N–H and O–H groups in total. The monoisotopic (exact) mass is 429 g/mol. The van der Waals surface area contributed by atoms with Gasteiger partial charge in [-0.15, -0.1) is 0 Å². The maximum Gasteiger partial charge on any atom is 0.0428 e. The van der Waals surface area contributed by atoms with E-state index in [1.807, 2.05) is 0 Å². The SMILES string of the molecule is CCCCC(C)(CCCC)C(CCCCCN)(NN)C(C)(CCCC)CCCC.O. The fourth-order valence-corrected chi connectivity index (χ4v) is 5.84. The third-order valence-electron chi connectivity index (χ3n) is 7.89. The number of rotatable bonds is 20. The van der Waals surface area contributed by atoms with Crippen LogP contribution in [0.4, 0.5) is 0 Å². The first-order valence-corrected chi connectivity index (χ1v) is 13.0. The molecule has 0 spiro atoms. The van der Waals surface area contributed by atoms with Crippen LogP contribution in [0.3, 0.4) is 0 Å². The second kappa shape index (κ2) is 17.4. The molecule has 0 saturated carbocycles. The largest absolute Gasteiger partial charge is 0.412 e. The number of hydrazine groups is 1. The van der Waals surface area contributed by atoms with Crippen LogP contribution in [0.15, 0.2) is 0 Å². The first-order valence-electron chi connectivity index (χ1n) is 13.0. The molecule has 0 rings (SSSR count). The summed E-state index contributed by atoms with van der Waals surface area (Å²) in [6.07, 6.45) is 20.1. The average Bonchev–Trinajstić information content (AvgIpc) is 2.73. The van der Waals surface area contributed by atoms with E-state index in [2.05, 4.69) is 47.0 Å². The van der Waals surface area contributed by atoms with Crippen molar-refractivity contribution < 1.29 is 5.48 Å². The predicted molar refractivity (Wildman–Crippen MR) is 136 cm³/mol. The van der Waals surface area contributed by atoms with Crippen LogP contribution in [0, 0.1) is 10.8 Å². The van der Waals surface area contributed by atoms with Gasteiger partial charge in [-0.25, -0.2) is 0 Å². The molecular weight excluding hydrogens is 370 g/mol. The van der Waals surface area contributed by atoms with Crippen LogP contribution in [0.5, 0.6) is 0 Å². The van der Waals surface area contributed by atoms with Crippen molar-refractivity contribution in [3.63, 3.8) is 0 Å². The van der Waals surface area contributed by atoms with Crippen molar-refractivity contribution in [2.45, 2.75) is 150 Å². The molecule has 0 aromatic carbocycles. The van der Waals surface area contributed by atoms with E-state index < -0.39 is 0 Å². The summed E-state index contributed by atoms with van der Waals surface area (Å²) in [4.78, 5) is 0. The molecule has 0 unspecified atom stereocenters. The van der Waals surface area contributed by atoms with Crippen molar-refractivity contribution in [2.24, 2.45) is 22.4 Å². The molecule has 4 heteroatoms. The highest BCUT2D eigenvalue weighted by atomic mass is 16.0. The molecule has 0 bridgehead atoms. The van der Waals surface area contributed by atoms with Crippen molar-refractivity contribution in [1.82, 2.24) is 5.43 Å². The zero-order valence-corrected chi connectivity index (χ0v) is 21.7. The van der Waals surface area contributed by atoms with E-state index in [-0.39, 0.29) is 21.8 Å². The topological polar surface area (TPSA) is 95.6 Å². The van der Waals surface area contributed by atoms with Gasteiger partial charge in [0, 0.05) is 5.54 Å². The Bertz CT molecular complexity index is 344. The summed E-state index contributed by atoms with van der Waals surface area (Å²) < 4.78 is 0. The lowest BCUT2D eigenvalue weighted by Crippen LogP contribution is -2.68. The van der Waals surface area contributed by atoms with Gasteiger partial charge in [0.25, 0.3) is 0 Å². The van der Waals surface area contributed by atoms with Crippen molar-refractivity contribution in [3.8, 4) is 0 Å². The van der Waals surface area contributed by atoms with E-state index in [9.17, 15) is 0 Å². The zero-order chi connectivity index (χ0) is 22.2. The zero-order valence-electron chi connectivity index (χ0n) is 21.7. The Labute approximate surface area is 190 Å². The molecule has 0 saturated heterocycles. The molecule has 4 nitrogen and oxygen atoms in total. The first-order chi connectivity index (χ1) is 13.9. The fraction of sp³-hybridized carbons (Fsp3) is 1.00. The molecule has 184 valence electrons. The number of hydrogen-bond donors (Lipinski definition) is 3. The Balaban J connectivity index is 0. The summed E-state index contributed by atoms with van der Waals surface area (Å²) in [5.41, 5.74) is 9.83. The number of nitrogens with two attached hydrogens (primary N) is 2. The molecule has 0 aliphatic rings. The minimum Gasteiger partial charge on any atom is -0.412 e. The number of nitrogens with one attached hydrogen (secondary N) is 1. The molecular formula is C26H59N3O. The van der Waals surface area contributed by atoms with Crippen molar-refractivity contribution in [1.29, 1.82) is 0 Å². The number of hydrogen-bond acceptors (Lipinski definition) is 3. The Morgan fingerprint density at radius 2 is 0.933 bits per heavy atom. The average molecular weight is 430 g/mol. The van der Waals surface area contributed by atoms with Crippen LogP contribution >= 0.6 is 0 Å². The molecule has 0 aliphatic carbocycles. The Hall–Kier alpha value is -0.160.